The van der Waals surface area contributed by atoms with Gasteiger partial charge in [0, 0.05) is 4.88 Å². The van der Waals surface area contributed by atoms with Crippen LogP contribution in [-0.4, -0.2) is 16.1 Å². The number of nitrogens with one attached hydrogen (secondary N) is 2. The fraction of sp³-hybridized carbons (Fsp3) is 0.250. The van der Waals surface area contributed by atoms with Crippen LogP contribution >= 0.6 is 11.3 Å². The van der Waals surface area contributed by atoms with Crippen molar-refractivity contribution >= 4 is 17.2 Å². The van der Waals surface area contributed by atoms with Gasteiger partial charge in [-0.05, 0) is 11.4 Å². The number of hydrogen-bond donors (Lipinski definition) is 2. The number of thiophene rings is 1. The van der Waals surface area contributed by atoms with Gasteiger partial charge in [-0.15, -0.1) is 16.4 Å². The van der Waals surface area contributed by atoms with Crippen LogP contribution < -0.4 is 4.74 Å². The molecular weight excluding hydrogens is 305 g/mol. The lowest BCUT2D eigenvalue weighted by atomic mass is 9.83. The Bertz CT molecular complexity index is 729. The summed E-state index contributed by atoms with van der Waals surface area (Å²) in [6, 6.07) is 5.16. The maximum atomic E-state index is 13.1. The van der Waals surface area contributed by atoms with Gasteiger partial charge in [0.25, 0.3) is 0 Å². The first-order valence-electron chi connectivity index (χ1n) is 5.78. The first-order chi connectivity index (χ1) is 9.93. The molecule has 0 saturated heterocycles. The zero-order valence-electron chi connectivity index (χ0n) is 10.2. The van der Waals surface area contributed by atoms with Gasteiger partial charge < -0.3 is 4.74 Å². The number of fused-ring (bicyclic) bond motifs is 1. The quantitative estimate of drug-likeness (QED) is 0.848. The molecule has 2 unspecified atom stereocenters. The number of aromatic nitrogens is 2. The van der Waals surface area contributed by atoms with Gasteiger partial charge in [0.05, 0.1) is 17.6 Å². The molecule has 0 radical (unpaired) electrons. The van der Waals surface area contributed by atoms with Crippen molar-refractivity contribution in [3.8, 4) is 11.9 Å². The third kappa shape index (κ3) is 2.08. The van der Waals surface area contributed by atoms with Crippen molar-refractivity contribution in [1.29, 1.82) is 10.7 Å². The molecule has 1 aliphatic rings. The normalized spacial score (nSPS) is 21.5. The number of hydrogen-bond acceptors (Lipinski definition) is 5. The summed E-state index contributed by atoms with van der Waals surface area (Å²) in [5.74, 6) is -2.72. The minimum atomic E-state index is -4.64. The summed E-state index contributed by atoms with van der Waals surface area (Å²) in [5.41, 5.74) is -1.25. The lowest BCUT2D eigenvalue weighted by molar-refractivity contribution is -0.142. The monoisotopic (exact) mass is 312 g/mol. The molecule has 5 nitrogen and oxygen atoms in total. The van der Waals surface area contributed by atoms with Gasteiger partial charge >= 0.3 is 6.18 Å². The second-order valence-electron chi connectivity index (χ2n) is 4.38. The van der Waals surface area contributed by atoms with Gasteiger partial charge in [-0.25, -0.2) is 0 Å². The van der Waals surface area contributed by atoms with Crippen LogP contribution in [0.2, 0.25) is 0 Å². The Morgan fingerprint density at radius 3 is 2.81 bits per heavy atom. The largest absolute Gasteiger partial charge is 0.433 e. The van der Waals surface area contributed by atoms with Crippen molar-refractivity contribution in [2.45, 2.75) is 12.1 Å². The molecule has 21 heavy (non-hydrogen) atoms. The van der Waals surface area contributed by atoms with Crippen molar-refractivity contribution in [2.75, 3.05) is 0 Å². The van der Waals surface area contributed by atoms with Crippen molar-refractivity contribution in [3.05, 3.63) is 33.6 Å². The van der Waals surface area contributed by atoms with E-state index in [1.807, 2.05) is 11.2 Å². The molecule has 1 aliphatic heterocycles. The van der Waals surface area contributed by atoms with E-state index in [2.05, 4.69) is 5.10 Å². The first-order valence-corrected chi connectivity index (χ1v) is 6.66. The zero-order chi connectivity index (χ0) is 15.2. The number of nitriles is 1. The fourth-order valence-corrected chi connectivity index (χ4v) is 3.18. The Morgan fingerprint density at radius 1 is 1.48 bits per heavy atom. The summed E-state index contributed by atoms with van der Waals surface area (Å²) < 4.78 is 44.2. The highest BCUT2D eigenvalue weighted by Crippen LogP contribution is 2.47. The highest BCUT2D eigenvalue weighted by atomic mass is 32.1. The van der Waals surface area contributed by atoms with E-state index in [0.29, 0.717) is 4.88 Å². The summed E-state index contributed by atoms with van der Waals surface area (Å²) in [7, 11) is 0. The maximum absolute atomic E-state index is 13.1. The number of nitrogens with zero attached hydrogens (tertiary/aromatic N) is 2. The summed E-state index contributed by atoms with van der Waals surface area (Å²) in [4.78, 5) is 0.558. The van der Waals surface area contributed by atoms with E-state index in [-0.39, 0.29) is 11.4 Å². The number of aromatic amines is 1. The molecule has 2 atom stereocenters. The van der Waals surface area contributed by atoms with E-state index in [1.165, 1.54) is 11.3 Å². The van der Waals surface area contributed by atoms with Crippen molar-refractivity contribution in [1.82, 2.24) is 10.2 Å². The van der Waals surface area contributed by atoms with Crippen LogP contribution in [-0.2, 0) is 6.18 Å². The molecule has 0 amide bonds. The van der Waals surface area contributed by atoms with Crippen LogP contribution in [0.4, 0.5) is 13.2 Å². The van der Waals surface area contributed by atoms with Crippen LogP contribution in [0.1, 0.15) is 22.1 Å². The van der Waals surface area contributed by atoms with Crippen LogP contribution in [0.25, 0.3) is 0 Å². The summed E-state index contributed by atoms with van der Waals surface area (Å²) in [6.45, 7) is 0. The Morgan fingerprint density at radius 2 is 2.24 bits per heavy atom. The van der Waals surface area contributed by atoms with Crippen LogP contribution in [0, 0.1) is 22.7 Å². The second kappa shape index (κ2) is 4.60. The molecule has 108 valence electrons. The molecular formula is C12H7F3N4OS. The Balaban J connectivity index is 2.24. The van der Waals surface area contributed by atoms with E-state index in [1.54, 1.807) is 17.5 Å². The average molecular weight is 312 g/mol. The third-order valence-electron chi connectivity index (χ3n) is 3.17. The molecule has 0 saturated carbocycles. The lowest BCUT2D eigenvalue weighted by Gasteiger charge is -2.27. The molecule has 0 aromatic carbocycles. The molecule has 0 fully saturated rings. The SMILES string of the molecule is N#CC1C(=N)Oc2n[nH]c(C(F)(F)F)c2C1c1cccs1. The molecule has 9 heteroatoms. The predicted octanol–water partition coefficient (Wildman–Crippen LogP) is 3.13. The molecule has 0 bridgehead atoms. The first kappa shape index (κ1) is 13.6. The third-order valence-corrected chi connectivity index (χ3v) is 4.13. The summed E-state index contributed by atoms with van der Waals surface area (Å²) in [5, 5.41) is 24.0. The van der Waals surface area contributed by atoms with Gasteiger partial charge in [-0.1, -0.05) is 6.07 Å². The molecule has 0 aliphatic carbocycles. The summed E-state index contributed by atoms with van der Waals surface area (Å²) >= 11 is 1.22. The van der Waals surface area contributed by atoms with E-state index < -0.39 is 29.6 Å². The van der Waals surface area contributed by atoms with Gasteiger partial charge in [0.2, 0.25) is 11.8 Å². The molecule has 2 N–H and O–H groups in total. The topological polar surface area (TPSA) is 85.6 Å². The Hall–Kier alpha value is -2.34. The van der Waals surface area contributed by atoms with E-state index in [4.69, 9.17) is 10.1 Å². The minimum Gasteiger partial charge on any atom is -0.422 e. The number of rotatable bonds is 1. The van der Waals surface area contributed by atoms with Crippen LogP contribution in [0.5, 0.6) is 5.88 Å². The highest BCUT2D eigenvalue weighted by molar-refractivity contribution is 7.10. The smallest absolute Gasteiger partial charge is 0.422 e. The van der Waals surface area contributed by atoms with Gasteiger partial charge in [-0.2, -0.15) is 18.4 Å². The van der Waals surface area contributed by atoms with Crippen molar-refractivity contribution < 1.29 is 17.9 Å². The molecule has 3 heterocycles. The van der Waals surface area contributed by atoms with E-state index in [9.17, 15) is 18.4 Å². The zero-order valence-corrected chi connectivity index (χ0v) is 11.0. The maximum Gasteiger partial charge on any atom is 0.433 e. The summed E-state index contributed by atoms with van der Waals surface area (Å²) in [6.07, 6.45) is -4.64. The number of halogens is 3. The average Bonchev–Trinajstić information content (AvgIpc) is 3.04. The molecule has 2 aromatic rings. The highest BCUT2D eigenvalue weighted by Gasteiger charge is 2.47. The van der Waals surface area contributed by atoms with Gasteiger partial charge in [0.15, 0.2) is 0 Å². The minimum absolute atomic E-state index is 0.215. The molecule has 2 aromatic heterocycles. The Labute approximate surface area is 120 Å². The Kier molecular flexibility index (Phi) is 2.98. The van der Waals surface area contributed by atoms with E-state index in [0.717, 1.165) is 0 Å². The molecule has 0 spiro atoms. The standard InChI is InChI=1S/C12H7F3N4OS/c13-12(14,15)9-8-7(6-2-1-3-21-6)5(4-16)10(17)20-11(8)19-18-9/h1-3,5,7,17H,(H,18,19). The fourth-order valence-electron chi connectivity index (χ4n) is 2.31. The number of ether oxygens (including phenoxy) is 1. The van der Waals surface area contributed by atoms with Crippen molar-refractivity contribution in [2.24, 2.45) is 5.92 Å². The number of alkyl halides is 3. The van der Waals surface area contributed by atoms with Gasteiger partial charge in [0.1, 0.15) is 11.6 Å². The number of H-pyrrole nitrogens is 1. The predicted molar refractivity (Wildman–Crippen MR) is 67.2 cm³/mol. The van der Waals surface area contributed by atoms with Crippen molar-refractivity contribution in [3.63, 3.8) is 0 Å². The van der Waals surface area contributed by atoms with Crippen LogP contribution in [0.15, 0.2) is 17.5 Å². The van der Waals surface area contributed by atoms with Crippen LogP contribution in [0.3, 0.4) is 0 Å². The molecule has 3 rings (SSSR count). The second-order valence-corrected chi connectivity index (χ2v) is 5.36. The van der Waals surface area contributed by atoms with Gasteiger partial charge in [-0.3, -0.25) is 10.5 Å². The lowest BCUT2D eigenvalue weighted by Crippen LogP contribution is -2.31. The van der Waals surface area contributed by atoms with E-state index >= 15 is 0 Å².